The van der Waals surface area contributed by atoms with Crippen molar-refractivity contribution in [3.05, 3.63) is 0 Å². The first-order valence-corrected chi connectivity index (χ1v) is 7.86. The van der Waals surface area contributed by atoms with Crippen molar-refractivity contribution < 1.29 is 4.74 Å². The molecular formula is C15H31N3O. The first-order chi connectivity index (χ1) is 9.17. The third kappa shape index (κ3) is 2.82. The predicted octanol–water partition coefficient (Wildman–Crippen LogP) is 1.16. The summed E-state index contributed by atoms with van der Waals surface area (Å²) in [4.78, 5) is 5.27. The Kier molecular flexibility index (Phi) is 5.23. The van der Waals surface area contributed by atoms with Crippen molar-refractivity contribution in [2.24, 2.45) is 11.7 Å². The van der Waals surface area contributed by atoms with Crippen molar-refractivity contribution in [2.75, 3.05) is 46.4 Å². The minimum atomic E-state index is 0.185. The van der Waals surface area contributed by atoms with Crippen LogP contribution >= 0.6 is 0 Å². The second-order valence-corrected chi connectivity index (χ2v) is 6.30. The molecular weight excluding hydrogens is 238 g/mol. The van der Waals surface area contributed by atoms with E-state index < -0.39 is 0 Å². The maximum atomic E-state index is 6.28. The van der Waals surface area contributed by atoms with Crippen LogP contribution in [0.3, 0.4) is 0 Å². The van der Waals surface area contributed by atoms with Crippen molar-refractivity contribution in [3.63, 3.8) is 0 Å². The molecule has 2 bridgehead atoms. The molecule has 0 aromatic carbocycles. The van der Waals surface area contributed by atoms with E-state index in [0.717, 1.165) is 32.2 Å². The highest BCUT2D eigenvalue weighted by Crippen LogP contribution is 2.40. The summed E-state index contributed by atoms with van der Waals surface area (Å²) in [5.74, 6) is 0.772. The van der Waals surface area contributed by atoms with Crippen LogP contribution in [0.25, 0.3) is 0 Å². The van der Waals surface area contributed by atoms with Gasteiger partial charge in [0.1, 0.15) is 0 Å². The summed E-state index contributed by atoms with van der Waals surface area (Å²) in [6.07, 6.45) is 3.81. The Morgan fingerprint density at radius 2 is 2.11 bits per heavy atom. The smallest absolute Gasteiger partial charge is 0.0590 e. The fraction of sp³-hybridized carbons (Fsp3) is 1.00. The van der Waals surface area contributed by atoms with Gasteiger partial charge in [0.2, 0.25) is 0 Å². The topological polar surface area (TPSA) is 41.7 Å². The van der Waals surface area contributed by atoms with Gasteiger partial charge in [0, 0.05) is 38.3 Å². The molecule has 3 heterocycles. The highest BCUT2D eigenvalue weighted by atomic mass is 16.5. The number of nitrogens with two attached hydrogens (primary N) is 1. The molecule has 2 N–H and O–H groups in total. The average Bonchev–Trinajstić information content (AvgIpc) is 2.48. The van der Waals surface area contributed by atoms with Crippen LogP contribution < -0.4 is 5.73 Å². The van der Waals surface area contributed by atoms with Gasteiger partial charge in [-0.15, -0.1) is 0 Å². The summed E-state index contributed by atoms with van der Waals surface area (Å²) in [6, 6.07) is 0.583. The highest BCUT2D eigenvalue weighted by Gasteiger charge is 2.50. The standard InChI is InChI=1S/C15H31N3O/c1-4-13(2)18(9-10-19-3)15(11-16)12-17-7-5-14(15)6-8-17/h13-14H,4-12,16H2,1-3H3. The Morgan fingerprint density at radius 1 is 1.42 bits per heavy atom. The van der Waals surface area contributed by atoms with Crippen LogP contribution in [0.2, 0.25) is 0 Å². The lowest BCUT2D eigenvalue weighted by Crippen LogP contribution is -2.71. The lowest BCUT2D eigenvalue weighted by Gasteiger charge is -2.59. The average molecular weight is 269 g/mol. The number of rotatable bonds is 7. The zero-order valence-electron chi connectivity index (χ0n) is 12.9. The fourth-order valence-corrected chi connectivity index (χ4v) is 4.11. The van der Waals surface area contributed by atoms with Gasteiger partial charge in [-0.05, 0) is 45.2 Å². The first kappa shape index (κ1) is 15.2. The quantitative estimate of drug-likeness (QED) is 0.753. The molecule has 3 saturated heterocycles. The number of hydrogen-bond donors (Lipinski definition) is 1. The van der Waals surface area contributed by atoms with Gasteiger partial charge in [0.15, 0.2) is 0 Å². The number of ether oxygens (including phenoxy) is 1. The molecule has 2 unspecified atom stereocenters. The molecule has 0 aromatic heterocycles. The molecule has 2 atom stereocenters. The van der Waals surface area contributed by atoms with Gasteiger partial charge in [0.05, 0.1) is 6.61 Å². The summed E-state index contributed by atoms with van der Waals surface area (Å²) in [5.41, 5.74) is 6.47. The monoisotopic (exact) mass is 269 g/mol. The number of methoxy groups -OCH3 is 1. The van der Waals surface area contributed by atoms with Crippen molar-refractivity contribution >= 4 is 0 Å². The maximum Gasteiger partial charge on any atom is 0.0590 e. The molecule has 3 rings (SSSR count). The molecule has 19 heavy (non-hydrogen) atoms. The molecule has 0 saturated carbocycles. The van der Waals surface area contributed by atoms with Crippen LogP contribution in [0.1, 0.15) is 33.1 Å². The van der Waals surface area contributed by atoms with E-state index in [-0.39, 0.29) is 5.54 Å². The largest absolute Gasteiger partial charge is 0.383 e. The zero-order valence-corrected chi connectivity index (χ0v) is 12.9. The Morgan fingerprint density at radius 3 is 2.53 bits per heavy atom. The fourth-order valence-electron chi connectivity index (χ4n) is 4.11. The van der Waals surface area contributed by atoms with E-state index in [4.69, 9.17) is 10.5 Å². The number of hydrogen-bond acceptors (Lipinski definition) is 4. The SMILES string of the molecule is CCC(C)N(CCOC)C1(CN)CN2CCC1CC2. The third-order valence-electron chi connectivity index (χ3n) is 5.43. The van der Waals surface area contributed by atoms with Crippen LogP contribution in [0.15, 0.2) is 0 Å². The van der Waals surface area contributed by atoms with Crippen LogP contribution in [-0.2, 0) is 4.74 Å². The number of nitrogens with zero attached hydrogens (tertiary/aromatic N) is 2. The molecule has 0 amide bonds. The predicted molar refractivity (Wildman–Crippen MR) is 79.3 cm³/mol. The Bertz CT molecular complexity index is 279. The summed E-state index contributed by atoms with van der Waals surface area (Å²) in [6.45, 7) is 10.9. The van der Waals surface area contributed by atoms with E-state index in [1.807, 2.05) is 0 Å². The Hall–Kier alpha value is -0.160. The molecule has 0 aliphatic carbocycles. The maximum absolute atomic E-state index is 6.28. The van der Waals surface area contributed by atoms with E-state index in [1.165, 1.54) is 32.4 Å². The van der Waals surface area contributed by atoms with Gasteiger partial charge < -0.3 is 15.4 Å². The van der Waals surface area contributed by atoms with Crippen LogP contribution in [0.4, 0.5) is 0 Å². The second kappa shape index (κ2) is 6.53. The first-order valence-electron chi connectivity index (χ1n) is 7.86. The van der Waals surface area contributed by atoms with Crippen molar-refractivity contribution in [1.29, 1.82) is 0 Å². The van der Waals surface area contributed by atoms with Gasteiger partial charge in [-0.25, -0.2) is 0 Å². The van der Waals surface area contributed by atoms with Crippen LogP contribution in [0.5, 0.6) is 0 Å². The molecule has 3 aliphatic rings. The molecule has 4 heteroatoms. The molecule has 0 radical (unpaired) electrons. The van der Waals surface area contributed by atoms with E-state index in [2.05, 4.69) is 23.6 Å². The minimum absolute atomic E-state index is 0.185. The Balaban J connectivity index is 2.20. The summed E-state index contributed by atoms with van der Waals surface area (Å²) in [7, 11) is 1.79. The number of piperidine rings is 3. The lowest BCUT2D eigenvalue weighted by atomic mass is 9.71. The van der Waals surface area contributed by atoms with Crippen molar-refractivity contribution in [2.45, 2.75) is 44.7 Å². The summed E-state index contributed by atoms with van der Waals surface area (Å²) < 4.78 is 5.33. The van der Waals surface area contributed by atoms with Gasteiger partial charge in [0.25, 0.3) is 0 Å². The number of fused-ring (bicyclic) bond motifs is 3. The molecule has 0 spiro atoms. The summed E-state index contributed by atoms with van der Waals surface area (Å²) in [5, 5.41) is 0. The summed E-state index contributed by atoms with van der Waals surface area (Å²) >= 11 is 0. The molecule has 112 valence electrons. The molecule has 3 aliphatic heterocycles. The van der Waals surface area contributed by atoms with Gasteiger partial charge in [-0.3, -0.25) is 4.90 Å². The normalized spacial score (nSPS) is 35.8. The van der Waals surface area contributed by atoms with Crippen molar-refractivity contribution in [3.8, 4) is 0 Å². The van der Waals surface area contributed by atoms with Gasteiger partial charge in [-0.1, -0.05) is 6.92 Å². The van der Waals surface area contributed by atoms with E-state index in [1.54, 1.807) is 7.11 Å². The zero-order chi connectivity index (χ0) is 13.9. The lowest BCUT2D eigenvalue weighted by molar-refractivity contribution is -0.0892. The second-order valence-electron chi connectivity index (χ2n) is 6.30. The molecule has 3 fully saturated rings. The van der Waals surface area contributed by atoms with Crippen LogP contribution in [-0.4, -0.2) is 67.8 Å². The van der Waals surface area contributed by atoms with Crippen LogP contribution in [0, 0.1) is 5.92 Å². The van der Waals surface area contributed by atoms with Gasteiger partial charge in [-0.2, -0.15) is 0 Å². The van der Waals surface area contributed by atoms with E-state index in [0.29, 0.717) is 6.04 Å². The molecule has 4 nitrogen and oxygen atoms in total. The molecule has 0 aromatic rings. The minimum Gasteiger partial charge on any atom is -0.383 e. The van der Waals surface area contributed by atoms with Gasteiger partial charge >= 0.3 is 0 Å². The third-order valence-corrected chi connectivity index (χ3v) is 5.43. The van der Waals surface area contributed by atoms with E-state index >= 15 is 0 Å². The van der Waals surface area contributed by atoms with Crippen molar-refractivity contribution in [1.82, 2.24) is 9.80 Å². The Labute approximate surface area is 118 Å². The van der Waals surface area contributed by atoms with E-state index in [9.17, 15) is 0 Å². The highest BCUT2D eigenvalue weighted by molar-refractivity contribution is 5.07.